The van der Waals surface area contributed by atoms with Crippen LogP contribution in [0.5, 0.6) is 0 Å². The molecule has 108 valence electrons. The van der Waals surface area contributed by atoms with E-state index in [1.165, 1.54) is 6.07 Å². The van der Waals surface area contributed by atoms with Crippen molar-refractivity contribution in [2.45, 2.75) is 18.9 Å². The number of nitrogens with one attached hydrogen (secondary N) is 2. The van der Waals surface area contributed by atoms with Crippen molar-refractivity contribution in [3.63, 3.8) is 0 Å². The topological polar surface area (TPSA) is 41.1 Å². The van der Waals surface area contributed by atoms with Crippen molar-refractivity contribution in [3.05, 3.63) is 58.9 Å². The molecule has 2 aromatic rings. The molecule has 0 radical (unpaired) electrons. The van der Waals surface area contributed by atoms with Gasteiger partial charge in [-0.1, -0.05) is 35.9 Å². The summed E-state index contributed by atoms with van der Waals surface area (Å²) in [5, 5.41) is 5.85. The maximum atomic E-state index is 13.9. The van der Waals surface area contributed by atoms with Gasteiger partial charge in [0.05, 0.1) is 10.7 Å². The Labute approximate surface area is 127 Å². The lowest BCUT2D eigenvalue weighted by molar-refractivity contribution is -0.116. The van der Waals surface area contributed by atoms with Crippen molar-refractivity contribution in [3.8, 4) is 0 Å². The van der Waals surface area contributed by atoms with Crippen molar-refractivity contribution in [1.82, 2.24) is 0 Å². The molecule has 3 nitrogen and oxygen atoms in total. The van der Waals surface area contributed by atoms with Gasteiger partial charge in [0.1, 0.15) is 6.04 Å². The van der Waals surface area contributed by atoms with E-state index in [9.17, 15) is 9.18 Å². The fraction of sp³-hybridized carbons (Fsp3) is 0.188. The molecule has 5 heteroatoms. The van der Waals surface area contributed by atoms with Crippen molar-refractivity contribution in [2.75, 3.05) is 10.6 Å². The molecule has 0 spiro atoms. The maximum absolute atomic E-state index is 13.9. The number of aryl methyl sites for hydroxylation is 1. The first kappa shape index (κ1) is 13.9. The van der Waals surface area contributed by atoms with Crippen LogP contribution in [-0.2, 0) is 11.2 Å². The van der Waals surface area contributed by atoms with Gasteiger partial charge in [0, 0.05) is 5.69 Å². The Bertz CT molecular complexity index is 690. The van der Waals surface area contributed by atoms with E-state index in [4.69, 9.17) is 11.6 Å². The van der Waals surface area contributed by atoms with Crippen molar-refractivity contribution in [2.24, 2.45) is 0 Å². The van der Waals surface area contributed by atoms with E-state index in [2.05, 4.69) is 10.6 Å². The molecular formula is C16H14ClFN2O. The van der Waals surface area contributed by atoms with E-state index in [1.54, 1.807) is 12.1 Å². The number of carbonyl (C=O) groups is 1. The van der Waals surface area contributed by atoms with Gasteiger partial charge in [0.15, 0.2) is 5.82 Å². The van der Waals surface area contributed by atoms with Gasteiger partial charge in [0.25, 0.3) is 0 Å². The Kier molecular flexibility index (Phi) is 3.80. The van der Waals surface area contributed by atoms with E-state index in [0.717, 1.165) is 17.7 Å². The fourth-order valence-electron chi connectivity index (χ4n) is 2.45. The van der Waals surface area contributed by atoms with Gasteiger partial charge in [-0.25, -0.2) is 4.39 Å². The van der Waals surface area contributed by atoms with Gasteiger partial charge in [0.2, 0.25) is 5.91 Å². The minimum absolute atomic E-state index is 0.0392. The highest BCUT2D eigenvalue weighted by atomic mass is 35.5. The van der Waals surface area contributed by atoms with Gasteiger partial charge in [-0.05, 0) is 36.6 Å². The van der Waals surface area contributed by atoms with Gasteiger partial charge < -0.3 is 10.6 Å². The highest BCUT2D eigenvalue weighted by Gasteiger charge is 2.24. The molecule has 0 bridgehead atoms. The number of carbonyl (C=O) groups excluding carboxylic acids is 1. The van der Waals surface area contributed by atoms with Crippen LogP contribution in [0.25, 0.3) is 0 Å². The Hall–Kier alpha value is -2.07. The predicted octanol–water partition coefficient (Wildman–Crippen LogP) is 3.84. The normalized spacial score (nSPS) is 17.6. The summed E-state index contributed by atoms with van der Waals surface area (Å²) in [6, 6.07) is 11.9. The third-order valence-electron chi connectivity index (χ3n) is 3.58. The first-order valence-electron chi connectivity index (χ1n) is 6.74. The average Bonchev–Trinajstić information content (AvgIpc) is 2.63. The number of rotatable bonds is 2. The Morgan fingerprint density at radius 1 is 1.19 bits per heavy atom. The summed E-state index contributed by atoms with van der Waals surface area (Å²) in [6.07, 6.45) is 1.34. The Morgan fingerprint density at radius 2 is 2.00 bits per heavy atom. The first-order chi connectivity index (χ1) is 10.1. The monoisotopic (exact) mass is 304 g/mol. The number of anilines is 2. The second-order valence-electron chi connectivity index (χ2n) is 4.98. The molecule has 0 saturated carbocycles. The molecule has 3 rings (SSSR count). The zero-order valence-electron chi connectivity index (χ0n) is 11.2. The van der Waals surface area contributed by atoms with Crippen molar-refractivity contribution < 1.29 is 9.18 Å². The largest absolute Gasteiger partial charge is 0.371 e. The number of fused-ring (bicyclic) bond motifs is 1. The zero-order valence-corrected chi connectivity index (χ0v) is 12.0. The number of amides is 1. The number of hydrogen-bond donors (Lipinski definition) is 2. The van der Waals surface area contributed by atoms with E-state index in [-0.39, 0.29) is 16.6 Å². The summed E-state index contributed by atoms with van der Waals surface area (Å²) in [7, 11) is 0. The quantitative estimate of drug-likeness (QED) is 0.885. The van der Waals surface area contributed by atoms with Crippen LogP contribution >= 0.6 is 11.6 Å². The summed E-state index contributed by atoms with van der Waals surface area (Å²) in [5.41, 5.74) is 2.15. The lowest BCUT2D eigenvalue weighted by Crippen LogP contribution is -2.33. The standard InChI is InChI=1S/C16H14ClFN2O/c17-11-5-3-7-13(15(11)18)19-14-9-8-10-4-1-2-6-12(10)20-16(14)21/h1-7,14,19H,8-9H2,(H,20,21). The summed E-state index contributed by atoms with van der Waals surface area (Å²) < 4.78 is 13.9. The van der Waals surface area contributed by atoms with Crippen LogP contribution in [0.4, 0.5) is 15.8 Å². The number of hydrogen-bond acceptors (Lipinski definition) is 2. The minimum Gasteiger partial charge on any atom is -0.371 e. The highest BCUT2D eigenvalue weighted by Crippen LogP contribution is 2.26. The van der Waals surface area contributed by atoms with Crippen molar-refractivity contribution >= 4 is 28.9 Å². The molecule has 0 aliphatic carbocycles. The molecule has 0 saturated heterocycles. The second-order valence-corrected chi connectivity index (χ2v) is 5.39. The molecule has 1 aliphatic rings. The lowest BCUT2D eigenvalue weighted by Gasteiger charge is -2.17. The summed E-state index contributed by atoms with van der Waals surface area (Å²) in [6.45, 7) is 0. The van der Waals surface area contributed by atoms with Crippen LogP contribution in [0.2, 0.25) is 5.02 Å². The molecule has 2 N–H and O–H groups in total. The fourth-order valence-corrected chi connectivity index (χ4v) is 2.63. The van der Waals surface area contributed by atoms with Gasteiger partial charge >= 0.3 is 0 Å². The minimum atomic E-state index is -0.534. The van der Waals surface area contributed by atoms with Gasteiger partial charge in [-0.15, -0.1) is 0 Å². The van der Waals surface area contributed by atoms with Crippen LogP contribution in [0, 0.1) is 5.82 Å². The van der Waals surface area contributed by atoms with E-state index >= 15 is 0 Å². The van der Waals surface area contributed by atoms with Crippen LogP contribution in [0.3, 0.4) is 0 Å². The van der Waals surface area contributed by atoms with E-state index in [1.807, 2.05) is 24.3 Å². The third-order valence-corrected chi connectivity index (χ3v) is 3.87. The summed E-state index contributed by atoms with van der Waals surface area (Å²) >= 11 is 5.76. The molecule has 0 aromatic heterocycles. The highest BCUT2D eigenvalue weighted by molar-refractivity contribution is 6.31. The van der Waals surface area contributed by atoms with Crippen LogP contribution in [0.1, 0.15) is 12.0 Å². The molecule has 1 unspecified atom stereocenters. The average molecular weight is 305 g/mol. The molecule has 1 amide bonds. The zero-order chi connectivity index (χ0) is 14.8. The molecule has 0 fully saturated rings. The van der Waals surface area contributed by atoms with Crippen molar-refractivity contribution in [1.29, 1.82) is 0 Å². The molecular weight excluding hydrogens is 291 g/mol. The van der Waals surface area contributed by atoms with E-state index < -0.39 is 11.9 Å². The lowest BCUT2D eigenvalue weighted by atomic mass is 10.1. The predicted molar refractivity (Wildman–Crippen MR) is 82.2 cm³/mol. The first-order valence-corrected chi connectivity index (χ1v) is 7.12. The molecule has 1 heterocycles. The van der Waals surface area contributed by atoms with Gasteiger partial charge in [-0.2, -0.15) is 0 Å². The molecule has 2 aromatic carbocycles. The Balaban J connectivity index is 1.82. The molecule has 1 aliphatic heterocycles. The second kappa shape index (κ2) is 5.74. The van der Waals surface area contributed by atoms with Crippen LogP contribution in [-0.4, -0.2) is 11.9 Å². The number of halogens is 2. The smallest absolute Gasteiger partial charge is 0.246 e. The van der Waals surface area contributed by atoms with Gasteiger partial charge in [-0.3, -0.25) is 4.79 Å². The summed E-state index contributed by atoms with van der Waals surface area (Å²) in [5.74, 6) is -0.701. The summed E-state index contributed by atoms with van der Waals surface area (Å²) in [4.78, 5) is 12.2. The maximum Gasteiger partial charge on any atom is 0.246 e. The van der Waals surface area contributed by atoms with Crippen LogP contribution < -0.4 is 10.6 Å². The third kappa shape index (κ3) is 2.85. The van der Waals surface area contributed by atoms with E-state index in [0.29, 0.717) is 6.42 Å². The van der Waals surface area contributed by atoms with Crippen LogP contribution in [0.15, 0.2) is 42.5 Å². The molecule has 1 atom stereocenters. The number of benzene rings is 2. The molecule has 21 heavy (non-hydrogen) atoms. The SMILES string of the molecule is O=C1Nc2ccccc2CCC1Nc1cccc(Cl)c1F. The number of para-hydroxylation sites is 1. The Morgan fingerprint density at radius 3 is 2.86 bits per heavy atom.